The van der Waals surface area contributed by atoms with Crippen LogP contribution in [0, 0.1) is 14.4 Å². The smallest absolute Gasteiger partial charge is 0.228 e. The number of ether oxygens (including phenoxy) is 3. The molecule has 0 unspecified atom stereocenters. The summed E-state index contributed by atoms with van der Waals surface area (Å²) in [5.41, 5.74) is 1.92. The Labute approximate surface area is 221 Å². The second-order valence-electron chi connectivity index (χ2n) is 8.04. The monoisotopic (exact) mass is 570 g/mol. The molecule has 7 nitrogen and oxygen atoms in total. The number of pyridine rings is 1. The summed E-state index contributed by atoms with van der Waals surface area (Å²) in [7, 11) is 0. The van der Waals surface area contributed by atoms with Crippen molar-refractivity contribution in [2.45, 2.75) is 13.3 Å². The molecule has 0 aliphatic carbocycles. The number of fused-ring (bicyclic) bond motifs is 1. The molecule has 3 aromatic rings. The molecule has 2 aliphatic heterocycles. The zero-order chi connectivity index (χ0) is 22.9. The molecule has 1 N–H and O–H groups in total. The fourth-order valence-electron chi connectivity index (χ4n) is 3.85. The molecular weight excluding hydrogens is 537 g/mol. The fraction of sp³-hybridized carbons (Fsp3) is 0.370. The Morgan fingerprint density at radius 1 is 1.00 bits per heavy atom. The molecule has 8 heteroatoms. The Morgan fingerprint density at radius 2 is 1.69 bits per heavy atom. The van der Waals surface area contributed by atoms with Crippen LogP contribution in [0.25, 0.3) is 10.8 Å². The molecule has 0 atom stereocenters. The molecule has 35 heavy (non-hydrogen) atoms. The first-order valence-electron chi connectivity index (χ1n) is 11.5. The molecule has 0 radical (unpaired) electrons. The number of aryl methyl sites for hydroxylation is 1. The van der Waals surface area contributed by atoms with Crippen molar-refractivity contribution in [2.75, 3.05) is 52.6 Å². The van der Waals surface area contributed by atoms with Gasteiger partial charge in [-0.2, -0.15) is 0 Å². The summed E-state index contributed by atoms with van der Waals surface area (Å²) in [4.78, 5) is 18.6. The van der Waals surface area contributed by atoms with Crippen molar-refractivity contribution in [1.29, 1.82) is 0 Å². The molecule has 2 saturated heterocycles. The minimum Gasteiger partial charge on any atom is -0.457 e. The molecule has 5 rings (SSSR count). The van der Waals surface area contributed by atoms with Crippen molar-refractivity contribution in [3.05, 3.63) is 73.4 Å². The summed E-state index contributed by atoms with van der Waals surface area (Å²) in [6, 6.07) is 15.9. The van der Waals surface area contributed by atoms with Crippen LogP contribution in [-0.2, 0) is 41.1 Å². The first kappa shape index (κ1) is 28.9. The molecule has 0 bridgehead atoms. The average Bonchev–Trinajstić information content (AvgIpc) is 2.88. The molecule has 0 saturated carbocycles. The van der Waals surface area contributed by atoms with Crippen LogP contribution in [0.4, 0.5) is 0 Å². The Hall–Kier alpha value is -2.34. The molecule has 192 valence electrons. The largest absolute Gasteiger partial charge is 0.457 e. The maximum absolute atomic E-state index is 12.4. The zero-order valence-electron chi connectivity index (χ0n) is 20.4. The van der Waals surface area contributed by atoms with Crippen LogP contribution in [0.1, 0.15) is 11.3 Å². The van der Waals surface area contributed by atoms with Gasteiger partial charge in [-0.3, -0.25) is 9.78 Å². The maximum atomic E-state index is 12.4. The van der Waals surface area contributed by atoms with Gasteiger partial charge < -0.3 is 31.9 Å². The minimum atomic E-state index is 0. The van der Waals surface area contributed by atoms with E-state index in [1.807, 2.05) is 35.2 Å². The summed E-state index contributed by atoms with van der Waals surface area (Å²) in [5.74, 6) is 1.56. The van der Waals surface area contributed by atoms with Crippen LogP contribution >= 0.6 is 0 Å². The molecule has 1 amide bonds. The van der Waals surface area contributed by atoms with Crippen LogP contribution in [-0.4, -0.2) is 68.4 Å². The molecule has 1 aromatic heterocycles. The second kappa shape index (κ2) is 14.9. The first-order chi connectivity index (χ1) is 16.2. The Bertz CT molecular complexity index is 1060. The Morgan fingerprint density at radius 3 is 2.34 bits per heavy atom. The Kier molecular flexibility index (Phi) is 12.3. The van der Waals surface area contributed by atoms with Gasteiger partial charge in [0.05, 0.1) is 38.5 Å². The number of carbonyl (C=O) groups excluding carboxylic acids is 1. The van der Waals surface area contributed by atoms with Crippen LogP contribution < -0.4 is 10.1 Å². The van der Waals surface area contributed by atoms with E-state index < -0.39 is 0 Å². The standard InChI is InChI=1S/C22H22N2O3.C4H9NO.CH3.Pd/c1-16-6-7-21(20-5-3-2-4-19(16)20)27-18-8-9-23-17(14-18)15-22(25)24-10-12-26-13-11-24;1-3-6-4-2-5-1;;/h2-9,14H,10-13,15H2,1H3;5H,1-4H2;1H3;/q;;-1;. The van der Waals surface area contributed by atoms with E-state index in [1.165, 1.54) is 10.9 Å². The van der Waals surface area contributed by atoms with Gasteiger partial charge in [-0.1, -0.05) is 30.3 Å². The van der Waals surface area contributed by atoms with Gasteiger partial charge in [0.2, 0.25) is 5.91 Å². The minimum absolute atomic E-state index is 0. The van der Waals surface area contributed by atoms with Crippen LogP contribution in [0.2, 0.25) is 0 Å². The van der Waals surface area contributed by atoms with E-state index in [9.17, 15) is 4.79 Å². The number of nitrogens with one attached hydrogen (secondary N) is 1. The number of rotatable bonds is 4. The summed E-state index contributed by atoms with van der Waals surface area (Å²) >= 11 is 0. The number of aromatic nitrogens is 1. The number of amides is 1. The van der Waals surface area contributed by atoms with Crippen molar-refractivity contribution in [2.24, 2.45) is 0 Å². The third-order valence-electron chi connectivity index (χ3n) is 5.66. The Balaban J connectivity index is 0.000000475. The van der Waals surface area contributed by atoms with Crippen LogP contribution in [0.3, 0.4) is 0 Å². The van der Waals surface area contributed by atoms with Gasteiger partial charge >= 0.3 is 0 Å². The van der Waals surface area contributed by atoms with E-state index in [2.05, 4.69) is 35.4 Å². The normalized spacial score (nSPS) is 15.2. The number of carbonyl (C=O) groups is 1. The molecule has 2 aliphatic rings. The quantitative estimate of drug-likeness (QED) is 0.380. The fourth-order valence-corrected chi connectivity index (χ4v) is 3.85. The first-order valence-corrected chi connectivity index (χ1v) is 11.5. The van der Waals surface area contributed by atoms with Gasteiger partial charge in [0.15, 0.2) is 0 Å². The molecule has 2 aromatic carbocycles. The van der Waals surface area contributed by atoms with Crippen molar-refractivity contribution in [3.63, 3.8) is 0 Å². The summed E-state index contributed by atoms with van der Waals surface area (Å²) in [6.45, 7) is 8.41. The third-order valence-corrected chi connectivity index (χ3v) is 5.66. The average molecular weight is 571 g/mol. The van der Waals surface area contributed by atoms with E-state index in [0.717, 1.165) is 37.4 Å². The van der Waals surface area contributed by atoms with Crippen molar-refractivity contribution >= 4 is 16.7 Å². The SMILES string of the molecule is C1COCCN1.Cc1ccc(Oc2ccnc(CC(=O)N3CCOCC3)c2)c2ccccc12.[CH3-].[Pd]. The third kappa shape index (κ3) is 8.38. The van der Waals surface area contributed by atoms with E-state index in [0.29, 0.717) is 37.7 Å². The zero-order valence-corrected chi connectivity index (χ0v) is 22.0. The van der Waals surface area contributed by atoms with Crippen LogP contribution in [0.15, 0.2) is 54.7 Å². The van der Waals surface area contributed by atoms with Gasteiger partial charge in [-0.15, -0.1) is 0 Å². The maximum Gasteiger partial charge on any atom is 0.228 e. The van der Waals surface area contributed by atoms with Gasteiger partial charge in [0.1, 0.15) is 11.5 Å². The van der Waals surface area contributed by atoms with Gasteiger partial charge in [-0.25, -0.2) is 0 Å². The van der Waals surface area contributed by atoms with Gasteiger partial charge in [-0.05, 0) is 30.0 Å². The number of morpholine rings is 2. The molecule has 2 fully saturated rings. The molecule has 3 heterocycles. The summed E-state index contributed by atoms with van der Waals surface area (Å²) < 4.78 is 16.4. The molecular formula is C27H34N3O4Pd-. The number of nitrogens with zero attached hydrogens (tertiary/aromatic N) is 2. The second-order valence-corrected chi connectivity index (χ2v) is 8.04. The number of benzene rings is 2. The summed E-state index contributed by atoms with van der Waals surface area (Å²) in [5, 5.41) is 5.40. The van der Waals surface area contributed by atoms with E-state index >= 15 is 0 Å². The van der Waals surface area contributed by atoms with Crippen molar-refractivity contribution in [1.82, 2.24) is 15.2 Å². The van der Waals surface area contributed by atoms with Gasteiger partial charge in [0.25, 0.3) is 0 Å². The van der Waals surface area contributed by atoms with E-state index in [4.69, 9.17) is 14.2 Å². The topological polar surface area (TPSA) is 72.9 Å². The van der Waals surface area contributed by atoms with E-state index in [-0.39, 0.29) is 40.2 Å². The predicted molar refractivity (Wildman–Crippen MR) is 134 cm³/mol. The predicted octanol–water partition coefficient (Wildman–Crippen LogP) is 3.79. The van der Waals surface area contributed by atoms with Gasteiger partial charge in [0, 0.05) is 64.3 Å². The molecule has 0 spiro atoms. The number of hydrogen-bond donors (Lipinski definition) is 1. The number of hydrogen-bond acceptors (Lipinski definition) is 6. The van der Waals surface area contributed by atoms with Crippen LogP contribution in [0.5, 0.6) is 11.5 Å². The summed E-state index contributed by atoms with van der Waals surface area (Å²) in [6.07, 6.45) is 1.96. The van der Waals surface area contributed by atoms with Crippen molar-refractivity contribution < 1.29 is 39.4 Å². The van der Waals surface area contributed by atoms with Crippen molar-refractivity contribution in [3.8, 4) is 11.5 Å². The van der Waals surface area contributed by atoms with E-state index in [1.54, 1.807) is 6.20 Å².